The number of halogens is 3. The van der Waals surface area contributed by atoms with Crippen molar-refractivity contribution >= 4 is 5.91 Å². The highest BCUT2D eigenvalue weighted by atomic mass is 19.2. The van der Waals surface area contributed by atoms with E-state index in [2.05, 4.69) is 5.32 Å². The van der Waals surface area contributed by atoms with Gasteiger partial charge in [-0.2, -0.15) is 0 Å². The lowest BCUT2D eigenvalue weighted by Gasteiger charge is -2.11. The zero-order valence-corrected chi connectivity index (χ0v) is 8.71. The Labute approximate surface area is 91.5 Å². The molecule has 5 heteroatoms. The molecule has 1 amide bonds. The number of carbonyl (C=O) groups is 1. The summed E-state index contributed by atoms with van der Waals surface area (Å²) in [5.41, 5.74) is -0.228. The van der Waals surface area contributed by atoms with Gasteiger partial charge in [0.25, 0.3) is 5.91 Å². The van der Waals surface area contributed by atoms with Gasteiger partial charge in [-0.25, -0.2) is 13.2 Å². The predicted molar refractivity (Wildman–Crippen MR) is 53.8 cm³/mol. The Hall–Kier alpha value is -1.52. The molecule has 0 bridgehead atoms. The SMILES string of the molecule is CNC(=O)C(F)CC(F)c1ccccc1F. The Morgan fingerprint density at radius 2 is 2.00 bits per heavy atom. The first kappa shape index (κ1) is 12.5. The van der Waals surface area contributed by atoms with Gasteiger partial charge in [-0.15, -0.1) is 0 Å². The molecule has 0 aliphatic heterocycles. The van der Waals surface area contributed by atoms with E-state index in [1.54, 1.807) is 0 Å². The molecule has 2 nitrogen and oxygen atoms in total. The summed E-state index contributed by atoms with van der Waals surface area (Å²) >= 11 is 0. The summed E-state index contributed by atoms with van der Waals surface area (Å²) < 4.78 is 39.7. The molecule has 88 valence electrons. The van der Waals surface area contributed by atoms with E-state index in [4.69, 9.17) is 0 Å². The maximum atomic E-state index is 13.5. The molecule has 1 aromatic carbocycles. The van der Waals surface area contributed by atoms with Crippen molar-refractivity contribution in [3.63, 3.8) is 0 Å². The number of benzene rings is 1. The topological polar surface area (TPSA) is 29.1 Å². The van der Waals surface area contributed by atoms with Crippen LogP contribution >= 0.6 is 0 Å². The van der Waals surface area contributed by atoms with Gasteiger partial charge < -0.3 is 5.32 Å². The fourth-order valence-electron chi connectivity index (χ4n) is 1.30. The smallest absolute Gasteiger partial charge is 0.254 e. The fraction of sp³-hybridized carbons (Fsp3) is 0.364. The number of carbonyl (C=O) groups excluding carboxylic acids is 1. The average molecular weight is 231 g/mol. The molecule has 2 unspecified atom stereocenters. The van der Waals surface area contributed by atoms with Gasteiger partial charge in [0, 0.05) is 19.0 Å². The summed E-state index contributed by atoms with van der Waals surface area (Å²) in [6, 6.07) is 5.20. The molecular formula is C11H12F3NO. The number of alkyl halides is 2. The van der Waals surface area contributed by atoms with Crippen LogP contribution in [-0.4, -0.2) is 19.1 Å². The van der Waals surface area contributed by atoms with Crippen molar-refractivity contribution in [1.82, 2.24) is 5.32 Å². The molecular weight excluding hydrogens is 219 g/mol. The van der Waals surface area contributed by atoms with E-state index in [0.29, 0.717) is 0 Å². The predicted octanol–water partition coefficient (Wildman–Crippen LogP) is 2.31. The zero-order valence-electron chi connectivity index (χ0n) is 8.71. The monoisotopic (exact) mass is 231 g/mol. The summed E-state index contributed by atoms with van der Waals surface area (Å²) in [6.07, 6.45) is -4.48. The maximum absolute atomic E-state index is 13.5. The van der Waals surface area contributed by atoms with Gasteiger partial charge in [0.1, 0.15) is 12.0 Å². The molecule has 0 saturated carbocycles. The summed E-state index contributed by atoms with van der Waals surface area (Å²) in [5.74, 6) is -1.64. The molecule has 0 aliphatic rings. The van der Waals surface area contributed by atoms with Gasteiger partial charge in [-0.05, 0) is 6.07 Å². The van der Waals surface area contributed by atoms with Crippen LogP contribution in [0.15, 0.2) is 24.3 Å². The third-order valence-corrected chi connectivity index (χ3v) is 2.19. The summed E-state index contributed by atoms with van der Waals surface area (Å²) in [4.78, 5) is 10.8. The molecule has 0 heterocycles. The molecule has 0 aliphatic carbocycles. The van der Waals surface area contributed by atoms with Gasteiger partial charge in [-0.3, -0.25) is 4.79 Å². The lowest BCUT2D eigenvalue weighted by molar-refractivity contribution is -0.126. The van der Waals surface area contributed by atoms with E-state index < -0.39 is 30.5 Å². The van der Waals surface area contributed by atoms with Crippen molar-refractivity contribution in [2.75, 3.05) is 7.05 Å². The Morgan fingerprint density at radius 3 is 2.56 bits per heavy atom. The Kier molecular flexibility index (Phi) is 4.34. The number of hydrogen-bond donors (Lipinski definition) is 1. The lowest BCUT2D eigenvalue weighted by Crippen LogP contribution is -2.29. The van der Waals surface area contributed by atoms with Crippen LogP contribution in [0.4, 0.5) is 13.2 Å². The molecule has 2 atom stereocenters. The second-order valence-corrected chi connectivity index (χ2v) is 3.31. The van der Waals surface area contributed by atoms with Crippen molar-refractivity contribution in [1.29, 1.82) is 0 Å². The minimum Gasteiger partial charge on any atom is -0.357 e. The van der Waals surface area contributed by atoms with Crippen molar-refractivity contribution in [2.45, 2.75) is 18.8 Å². The first-order valence-electron chi connectivity index (χ1n) is 4.80. The van der Waals surface area contributed by atoms with E-state index in [1.807, 2.05) is 0 Å². The highest BCUT2D eigenvalue weighted by Crippen LogP contribution is 2.26. The zero-order chi connectivity index (χ0) is 12.1. The summed E-state index contributed by atoms with van der Waals surface area (Å²) in [5, 5.41) is 2.06. The first-order valence-corrected chi connectivity index (χ1v) is 4.80. The van der Waals surface area contributed by atoms with Crippen LogP contribution in [0.1, 0.15) is 18.2 Å². The van der Waals surface area contributed by atoms with Crippen LogP contribution < -0.4 is 5.32 Å². The van der Waals surface area contributed by atoms with Gasteiger partial charge in [0.15, 0.2) is 6.17 Å². The van der Waals surface area contributed by atoms with Crippen LogP contribution in [0.2, 0.25) is 0 Å². The largest absolute Gasteiger partial charge is 0.357 e. The van der Waals surface area contributed by atoms with Gasteiger partial charge in [0.2, 0.25) is 0 Å². The maximum Gasteiger partial charge on any atom is 0.254 e. The number of hydrogen-bond acceptors (Lipinski definition) is 1. The minimum absolute atomic E-state index is 0.228. The van der Waals surface area contributed by atoms with Crippen LogP contribution in [0.25, 0.3) is 0 Å². The third-order valence-electron chi connectivity index (χ3n) is 2.19. The van der Waals surface area contributed by atoms with Crippen molar-refractivity contribution in [2.24, 2.45) is 0 Å². The van der Waals surface area contributed by atoms with E-state index in [0.717, 1.165) is 6.07 Å². The molecule has 1 N–H and O–H groups in total. The van der Waals surface area contributed by atoms with Crippen molar-refractivity contribution in [3.8, 4) is 0 Å². The fourth-order valence-corrected chi connectivity index (χ4v) is 1.30. The van der Waals surface area contributed by atoms with E-state index in [1.165, 1.54) is 25.2 Å². The van der Waals surface area contributed by atoms with Crippen molar-refractivity contribution < 1.29 is 18.0 Å². The summed E-state index contributed by atoms with van der Waals surface area (Å²) in [7, 11) is 1.26. The molecule has 16 heavy (non-hydrogen) atoms. The van der Waals surface area contributed by atoms with E-state index in [-0.39, 0.29) is 5.56 Å². The molecule has 0 saturated heterocycles. The van der Waals surface area contributed by atoms with Crippen LogP contribution in [0.3, 0.4) is 0 Å². The molecule has 0 aromatic heterocycles. The highest BCUT2D eigenvalue weighted by Gasteiger charge is 2.24. The number of rotatable bonds is 4. The number of amides is 1. The average Bonchev–Trinajstić information content (AvgIpc) is 2.28. The van der Waals surface area contributed by atoms with Gasteiger partial charge in [-0.1, -0.05) is 18.2 Å². The quantitative estimate of drug-likeness (QED) is 0.846. The summed E-state index contributed by atoms with van der Waals surface area (Å²) in [6.45, 7) is 0. The van der Waals surface area contributed by atoms with Crippen LogP contribution in [0, 0.1) is 5.82 Å². The Balaban J connectivity index is 2.69. The molecule has 0 radical (unpaired) electrons. The first-order chi connectivity index (χ1) is 7.56. The molecule has 1 aromatic rings. The van der Waals surface area contributed by atoms with Crippen LogP contribution in [0.5, 0.6) is 0 Å². The van der Waals surface area contributed by atoms with Gasteiger partial charge >= 0.3 is 0 Å². The standard InChI is InChI=1S/C11H12F3NO/c1-15-11(16)10(14)6-9(13)7-4-2-3-5-8(7)12/h2-5,9-10H,6H2,1H3,(H,15,16). The second kappa shape index (κ2) is 5.53. The highest BCUT2D eigenvalue weighted by molar-refractivity contribution is 5.80. The molecule has 0 fully saturated rings. The Bertz CT molecular complexity index is 370. The molecule has 0 spiro atoms. The van der Waals surface area contributed by atoms with E-state index in [9.17, 15) is 18.0 Å². The normalized spacial score (nSPS) is 14.2. The third kappa shape index (κ3) is 2.98. The number of nitrogens with one attached hydrogen (secondary N) is 1. The Morgan fingerprint density at radius 1 is 1.38 bits per heavy atom. The van der Waals surface area contributed by atoms with E-state index >= 15 is 0 Å². The van der Waals surface area contributed by atoms with Crippen molar-refractivity contribution in [3.05, 3.63) is 35.6 Å². The minimum atomic E-state index is -1.97. The van der Waals surface area contributed by atoms with Gasteiger partial charge in [0.05, 0.1) is 0 Å². The lowest BCUT2D eigenvalue weighted by atomic mass is 10.0. The molecule has 1 rings (SSSR count). The van der Waals surface area contributed by atoms with Crippen LogP contribution in [-0.2, 0) is 4.79 Å². The second-order valence-electron chi connectivity index (χ2n) is 3.31.